The molecule has 0 saturated carbocycles. The Morgan fingerprint density at radius 2 is 1.61 bits per heavy atom. The van der Waals surface area contributed by atoms with Gasteiger partial charge in [-0.2, -0.15) is 5.26 Å². The van der Waals surface area contributed by atoms with Crippen LogP contribution < -0.4 is 0 Å². The Kier molecular flexibility index (Phi) is 10.5. The van der Waals surface area contributed by atoms with E-state index in [0.717, 1.165) is 31.3 Å². The van der Waals surface area contributed by atoms with Crippen LogP contribution >= 0.6 is 0 Å². The van der Waals surface area contributed by atoms with E-state index in [0.29, 0.717) is 13.0 Å². The number of allylic oxidation sites excluding steroid dienone is 6. The molecule has 1 aliphatic carbocycles. The van der Waals surface area contributed by atoms with E-state index in [1.54, 1.807) is 0 Å². The van der Waals surface area contributed by atoms with Crippen LogP contribution in [0.1, 0.15) is 80.6 Å². The lowest BCUT2D eigenvalue weighted by atomic mass is 9.81. The first-order chi connectivity index (χ1) is 13.2. The lowest BCUT2D eigenvalue weighted by molar-refractivity contribution is -0.171. The highest BCUT2D eigenvalue weighted by molar-refractivity contribution is 5.35. The van der Waals surface area contributed by atoms with Crippen LogP contribution in [-0.2, 0) is 9.47 Å². The highest BCUT2D eigenvalue weighted by atomic mass is 16.7. The predicted octanol–water partition coefficient (Wildman–Crippen LogP) is 7.03. The monoisotopic (exact) mass is 385 g/mol. The first kappa shape index (κ1) is 24.4. The summed E-state index contributed by atoms with van der Waals surface area (Å²) in [6, 6.07) is 2.52. The second-order valence-corrected chi connectivity index (χ2v) is 8.22. The molecule has 156 valence electrons. The molecule has 3 nitrogen and oxygen atoms in total. The largest absolute Gasteiger partial charge is 0.353 e. The molecule has 0 spiro atoms. The normalized spacial score (nSPS) is 31.1. The van der Waals surface area contributed by atoms with Crippen molar-refractivity contribution in [2.45, 2.75) is 92.5 Å². The van der Waals surface area contributed by atoms with Crippen molar-refractivity contribution in [2.24, 2.45) is 5.92 Å². The van der Waals surface area contributed by atoms with Crippen LogP contribution in [0.4, 0.5) is 0 Å². The van der Waals surface area contributed by atoms with E-state index >= 15 is 0 Å². The van der Waals surface area contributed by atoms with Crippen LogP contribution in [0.5, 0.6) is 0 Å². The Morgan fingerprint density at radius 3 is 2.18 bits per heavy atom. The maximum absolute atomic E-state index is 10.3. The molecule has 0 fully saturated rings. The lowest BCUT2D eigenvalue weighted by Crippen LogP contribution is -2.39. The summed E-state index contributed by atoms with van der Waals surface area (Å²) in [4.78, 5) is 0. The SMILES string of the molecule is CCOC(C)OC1(C#N)C/C(C)=C\CC/C(C)=C\CC/C(C)=C\C=C\1C(C)C. The van der Waals surface area contributed by atoms with Crippen molar-refractivity contribution in [3.05, 3.63) is 46.6 Å². The minimum Gasteiger partial charge on any atom is -0.353 e. The molecule has 28 heavy (non-hydrogen) atoms. The van der Waals surface area contributed by atoms with E-state index in [4.69, 9.17) is 9.47 Å². The van der Waals surface area contributed by atoms with Gasteiger partial charge in [-0.25, -0.2) is 0 Å². The van der Waals surface area contributed by atoms with E-state index in [2.05, 4.69) is 65.0 Å². The molecule has 0 aromatic carbocycles. The Balaban J connectivity index is 3.44. The van der Waals surface area contributed by atoms with Crippen LogP contribution in [0, 0.1) is 17.2 Å². The van der Waals surface area contributed by atoms with E-state index < -0.39 is 11.9 Å². The fraction of sp³-hybridized carbons (Fsp3) is 0.640. The van der Waals surface area contributed by atoms with Crippen molar-refractivity contribution in [2.75, 3.05) is 6.61 Å². The predicted molar refractivity (Wildman–Crippen MR) is 118 cm³/mol. The first-order valence-electron chi connectivity index (χ1n) is 10.6. The minimum absolute atomic E-state index is 0.195. The maximum atomic E-state index is 10.3. The van der Waals surface area contributed by atoms with Gasteiger partial charge in [0.1, 0.15) is 6.07 Å². The number of nitrogens with zero attached hydrogens (tertiary/aromatic N) is 1. The zero-order valence-corrected chi connectivity index (χ0v) is 19.0. The van der Waals surface area contributed by atoms with Crippen LogP contribution in [0.2, 0.25) is 0 Å². The van der Waals surface area contributed by atoms with Gasteiger partial charge in [-0.15, -0.1) is 0 Å². The van der Waals surface area contributed by atoms with E-state index in [1.807, 2.05) is 13.8 Å². The molecule has 0 saturated heterocycles. The van der Waals surface area contributed by atoms with Crippen molar-refractivity contribution in [1.29, 1.82) is 5.26 Å². The van der Waals surface area contributed by atoms with Gasteiger partial charge in [0, 0.05) is 13.0 Å². The Labute approximate surface area is 172 Å². The molecule has 2 unspecified atom stereocenters. The highest BCUT2D eigenvalue weighted by Gasteiger charge is 2.39. The topological polar surface area (TPSA) is 42.2 Å². The third-order valence-electron chi connectivity index (χ3n) is 5.18. The third-order valence-corrected chi connectivity index (χ3v) is 5.18. The first-order valence-corrected chi connectivity index (χ1v) is 10.6. The Hall–Kier alpha value is -1.63. The quantitative estimate of drug-likeness (QED) is 0.377. The molecule has 0 amide bonds. The molecule has 0 radical (unpaired) electrons. The standard InChI is InChI=1S/C25H39NO2/c1-8-27-23(7)28-25(18-26)17-22(6)14-10-12-20(4)11-9-13-21(5)15-16-24(25)19(2)3/h11,14-16,19,23H,8-10,12-13,17H2,1-7H3/b20-11-,21-15-,22-14-,24-16+. The zero-order chi connectivity index (χ0) is 21.2. The van der Waals surface area contributed by atoms with Crippen molar-refractivity contribution in [1.82, 2.24) is 0 Å². The average molecular weight is 386 g/mol. The minimum atomic E-state index is -1.02. The molecule has 1 rings (SSSR count). The molecule has 0 heterocycles. The number of nitriles is 1. The van der Waals surface area contributed by atoms with Gasteiger partial charge in [-0.05, 0) is 71.8 Å². The molecule has 0 aromatic rings. The summed E-state index contributed by atoms with van der Waals surface area (Å²) in [5.74, 6) is 0.195. The van der Waals surface area contributed by atoms with Gasteiger partial charge in [0.05, 0.1) is 0 Å². The smallest absolute Gasteiger partial charge is 0.182 e. The van der Waals surface area contributed by atoms with E-state index in [-0.39, 0.29) is 5.92 Å². The van der Waals surface area contributed by atoms with E-state index in [9.17, 15) is 5.26 Å². The van der Waals surface area contributed by atoms with Crippen LogP contribution in [0.3, 0.4) is 0 Å². The second kappa shape index (κ2) is 12.0. The van der Waals surface area contributed by atoms with Crippen LogP contribution in [0.25, 0.3) is 0 Å². The summed E-state index contributed by atoms with van der Waals surface area (Å²) in [5.41, 5.74) is 3.92. The third kappa shape index (κ3) is 7.78. The van der Waals surface area contributed by atoms with Gasteiger partial charge in [0.2, 0.25) is 0 Å². The maximum Gasteiger partial charge on any atom is 0.182 e. The molecular formula is C25H39NO2. The van der Waals surface area contributed by atoms with Gasteiger partial charge in [0.25, 0.3) is 0 Å². The summed E-state index contributed by atoms with van der Waals surface area (Å²) in [6.45, 7) is 15.1. The molecule has 0 bridgehead atoms. The van der Waals surface area contributed by atoms with Crippen LogP contribution in [-0.4, -0.2) is 18.5 Å². The summed E-state index contributed by atoms with van der Waals surface area (Å²) in [6.07, 6.45) is 13.1. The number of hydrogen-bond donors (Lipinski definition) is 0. The molecule has 3 heteroatoms. The second-order valence-electron chi connectivity index (χ2n) is 8.22. The summed E-state index contributed by atoms with van der Waals surface area (Å²) in [5, 5.41) is 10.3. The Morgan fingerprint density at radius 1 is 1.00 bits per heavy atom. The van der Waals surface area contributed by atoms with Crippen molar-refractivity contribution in [3.63, 3.8) is 0 Å². The zero-order valence-electron chi connectivity index (χ0n) is 19.0. The summed E-state index contributed by atoms with van der Waals surface area (Å²) < 4.78 is 11.9. The van der Waals surface area contributed by atoms with Gasteiger partial charge < -0.3 is 9.47 Å². The van der Waals surface area contributed by atoms with Crippen molar-refractivity contribution < 1.29 is 9.47 Å². The fourth-order valence-corrected chi connectivity index (χ4v) is 3.66. The molecule has 2 atom stereocenters. The van der Waals surface area contributed by atoms with E-state index in [1.165, 1.54) is 16.7 Å². The number of hydrogen-bond acceptors (Lipinski definition) is 3. The van der Waals surface area contributed by atoms with Crippen molar-refractivity contribution in [3.8, 4) is 6.07 Å². The molecule has 0 N–H and O–H groups in total. The fourth-order valence-electron chi connectivity index (χ4n) is 3.66. The summed E-state index contributed by atoms with van der Waals surface area (Å²) in [7, 11) is 0. The Bertz CT molecular complexity index is 661. The number of ether oxygens (including phenoxy) is 2. The average Bonchev–Trinajstić information content (AvgIpc) is 2.60. The molecular weight excluding hydrogens is 346 g/mol. The summed E-state index contributed by atoms with van der Waals surface area (Å²) >= 11 is 0. The van der Waals surface area contributed by atoms with Gasteiger partial charge in [0.15, 0.2) is 11.9 Å². The molecule has 1 aliphatic rings. The van der Waals surface area contributed by atoms with Crippen molar-refractivity contribution >= 4 is 0 Å². The highest BCUT2D eigenvalue weighted by Crippen LogP contribution is 2.35. The lowest BCUT2D eigenvalue weighted by Gasteiger charge is -2.34. The van der Waals surface area contributed by atoms with Gasteiger partial charge >= 0.3 is 0 Å². The van der Waals surface area contributed by atoms with Crippen LogP contribution in [0.15, 0.2) is 46.6 Å². The van der Waals surface area contributed by atoms with Gasteiger partial charge in [-0.3, -0.25) is 0 Å². The molecule has 0 aliphatic heterocycles. The molecule has 0 aromatic heterocycles. The van der Waals surface area contributed by atoms with Gasteiger partial charge in [-0.1, -0.05) is 54.9 Å². The number of rotatable bonds is 5.